The first kappa shape index (κ1) is 12.9. The fraction of sp³-hybridized carbons (Fsp3) is 0.385. The average Bonchev–Trinajstić information content (AvgIpc) is 3.06. The van der Waals surface area contributed by atoms with E-state index in [9.17, 15) is 10.2 Å². The quantitative estimate of drug-likeness (QED) is 0.519. The molecule has 2 atom stereocenters. The van der Waals surface area contributed by atoms with Gasteiger partial charge in [0.2, 0.25) is 0 Å². The fourth-order valence-electron chi connectivity index (χ4n) is 2.06. The predicted octanol–water partition coefficient (Wildman–Crippen LogP) is 0.579. The molecule has 2 aromatic heterocycles. The number of H-pyrrole nitrogens is 2. The Bertz CT molecular complexity index is 405. The highest BCUT2D eigenvalue weighted by atomic mass is 16.4. The highest BCUT2D eigenvalue weighted by molar-refractivity contribution is 5.23. The Balaban J connectivity index is 2.16. The molecule has 0 saturated carbocycles. The molecule has 0 spiro atoms. The van der Waals surface area contributed by atoms with Crippen molar-refractivity contribution in [2.24, 2.45) is 0 Å². The van der Waals surface area contributed by atoms with Gasteiger partial charge in [0.1, 0.15) is 6.10 Å². The molecular formula is C13H18N2O3. The van der Waals surface area contributed by atoms with Gasteiger partial charge in [-0.1, -0.05) is 0 Å². The largest absolute Gasteiger partial charge is 0.394 e. The van der Waals surface area contributed by atoms with Gasteiger partial charge < -0.3 is 25.3 Å². The molecule has 0 aliphatic heterocycles. The van der Waals surface area contributed by atoms with E-state index in [1.54, 1.807) is 0 Å². The number of aliphatic hydroxyl groups excluding tert-OH is 3. The van der Waals surface area contributed by atoms with Crippen molar-refractivity contribution >= 4 is 0 Å². The third-order valence-corrected chi connectivity index (χ3v) is 3.10. The number of aromatic nitrogens is 2. The maximum absolute atomic E-state index is 9.85. The zero-order valence-corrected chi connectivity index (χ0v) is 9.95. The highest BCUT2D eigenvalue weighted by Crippen LogP contribution is 2.27. The van der Waals surface area contributed by atoms with E-state index in [1.165, 1.54) is 0 Å². The van der Waals surface area contributed by atoms with E-state index in [4.69, 9.17) is 5.11 Å². The molecule has 2 rings (SSSR count). The fourth-order valence-corrected chi connectivity index (χ4v) is 2.06. The standard InChI is InChI=1S/C13H18N2O3/c16-8-13(18)12(17)7-9(10-3-1-5-14-10)11-4-2-6-15-11/h1-6,9,12-18H,7-8H2/t12-,13+/m0/s1. The molecule has 5 nitrogen and oxygen atoms in total. The molecule has 5 N–H and O–H groups in total. The molecule has 0 aliphatic rings. The van der Waals surface area contributed by atoms with Crippen LogP contribution in [-0.4, -0.2) is 44.1 Å². The Hall–Kier alpha value is -1.56. The first-order valence-corrected chi connectivity index (χ1v) is 5.96. The van der Waals surface area contributed by atoms with E-state index < -0.39 is 18.8 Å². The molecule has 18 heavy (non-hydrogen) atoms. The van der Waals surface area contributed by atoms with E-state index in [-0.39, 0.29) is 5.92 Å². The average molecular weight is 250 g/mol. The van der Waals surface area contributed by atoms with Gasteiger partial charge >= 0.3 is 0 Å². The zero-order valence-electron chi connectivity index (χ0n) is 9.95. The van der Waals surface area contributed by atoms with Crippen LogP contribution in [0.1, 0.15) is 23.7 Å². The van der Waals surface area contributed by atoms with Gasteiger partial charge in [-0.3, -0.25) is 0 Å². The van der Waals surface area contributed by atoms with Gasteiger partial charge in [-0.2, -0.15) is 0 Å². The van der Waals surface area contributed by atoms with Crippen LogP contribution in [0, 0.1) is 0 Å². The lowest BCUT2D eigenvalue weighted by Gasteiger charge is -2.21. The SMILES string of the molecule is OC[C@@H](O)[C@@H](O)CC(c1ccc[nH]1)c1ccc[nH]1. The Labute approximate surface area is 105 Å². The van der Waals surface area contributed by atoms with Crippen molar-refractivity contribution in [2.45, 2.75) is 24.5 Å². The summed E-state index contributed by atoms with van der Waals surface area (Å²) in [7, 11) is 0. The van der Waals surface area contributed by atoms with E-state index in [2.05, 4.69) is 9.97 Å². The van der Waals surface area contributed by atoms with E-state index >= 15 is 0 Å². The number of aromatic amines is 2. The summed E-state index contributed by atoms with van der Waals surface area (Å²) >= 11 is 0. The summed E-state index contributed by atoms with van der Waals surface area (Å²) in [6.45, 7) is -0.441. The molecule has 0 aliphatic carbocycles. The molecule has 2 aromatic rings. The van der Waals surface area contributed by atoms with Crippen LogP contribution in [0.15, 0.2) is 36.7 Å². The molecule has 5 heteroatoms. The number of hydrogen-bond acceptors (Lipinski definition) is 3. The van der Waals surface area contributed by atoms with Gasteiger partial charge in [0, 0.05) is 29.7 Å². The van der Waals surface area contributed by atoms with Gasteiger partial charge in [-0.25, -0.2) is 0 Å². The van der Waals surface area contributed by atoms with E-state index in [0.717, 1.165) is 11.4 Å². The smallest absolute Gasteiger partial charge is 0.103 e. The maximum atomic E-state index is 9.85. The third-order valence-electron chi connectivity index (χ3n) is 3.10. The van der Waals surface area contributed by atoms with Gasteiger partial charge in [0.25, 0.3) is 0 Å². The molecule has 0 unspecified atom stereocenters. The van der Waals surface area contributed by atoms with Gasteiger partial charge in [-0.05, 0) is 30.7 Å². The minimum atomic E-state index is -1.11. The normalized spacial score (nSPS) is 14.9. The summed E-state index contributed by atoms with van der Waals surface area (Å²) in [5.41, 5.74) is 1.92. The van der Waals surface area contributed by atoms with Crippen molar-refractivity contribution in [3.8, 4) is 0 Å². The first-order chi connectivity index (χ1) is 8.72. The number of aliphatic hydroxyl groups is 3. The number of hydrogen-bond donors (Lipinski definition) is 5. The molecule has 98 valence electrons. The van der Waals surface area contributed by atoms with Crippen LogP contribution in [0.3, 0.4) is 0 Å². The molecule has 2 heterocycles. The van der Waals surface area contributed by atoms with Crippen molar-refractivity contribution in [1.82, 2.24) is 9.97 Å². The second kappa shape index (κ2) is 5.86. The van der Waals surface area contributed by atoms with Gasteiger partial charge in [-0.15, -0.1) is 0 Å². The van der Waals surface area contributed by atoms with Crippen LogP contribution < -0.4 is 0 Å². The minimum absolute atomic E-state index is 0.0637. The second-order valence-electron chi connectivity index (χ2n) is 4.36. The maximum Gasteiger partial charge on any atom is 0.103 e. The molecule has 0 radical (unpaired) electrons. The van der Waals surface area contributed by atoms with Crippen molar-refractivity contribution in [1.29, 1.82) is 0 Å². The van der Waals surface area contributed by atoms with Crippen LogP contribution in [0.25, 0.3) is 0 Å². The van der Waals surface area contributed by atoms with Gasteiger partial charge in [0.05, 0.1) is 12.7 Å². The molecule has 0 fully saturated rings. The lowest BCUT2D eigenvalue weighted by Crippen LogP contribution is -2.31. The summed E-state index contributed by atoms with van der Waals surface area (Å²) in [6.07, 6.45) is 1.90. The highest BCUT2D eigenvalue weighted by Gasteiger charge is 2.24. The zero-order chi connectivity index (χ0) is 13.0. The molecule has 0 saturated heterocycles. The van der Waals surface area contributed by atoms with Crippen molar-refractivity contribution in [3.63, 3.8) is 0 Å². The van der Waals surface area contributed by atoms with Crippen LogP contribution in [0.4, 0.5) is 0 Å². The summed E-state index contributed by atoms with van der Waals surface area (Å²) in [5, 5.41) is 28.2. The van der Waals surface area contributed by atoms with E-state index in [1.807, 2.05) is 36.7 Å². The monoisotopic (exact) mass is 250 g/mol. The van der Waals surface area contributed by atoms with Crippen molar-refractivity contribution in [2.75, 3.05) is 6.61 Å². The number of rotatable bonds is 6. The second-order valence-corrected chi connectivity index (χ2v) is 4.36. The van der Waals surface area contributed by atoms with Crippen LogP contribution in [-0.2, 0) is 0 Å². The minimum Gasteiger partial charge on any atom is -0.394 e. The summed E-state index contributed by atoms with van der Waals surface area (Å²) in [4.78, 5) is 6.23. The van der Waals surface area contributed by atoms with Crippen molar-refractivity contribution in [3.05, 3.63) is 48.0 Å². The summed E-state index contributed by atoms with van der Waals surface area (Å²) < 4.78 is 0. The van der Waals surface area contributed by atoms with Gasteiger partial charge in [0.15, 0.2) is 0 Å². The molecule has 0 aromatic carbocycles. The van der Waals surface area contributed by atoms with Crippen molar-refractivity contribution < 1.29 is 15.3 Å². The van der Waals surface area contributed by atoms with Crippen LogP contribution in [0.2, 0.25) is 0 Å². The Morgan fingerprint density at radius 3 is 1.89 bits per heavy atom. The number of nitrogens with one attached hydrogen (secondary N) is 2. The van der Waals surface area contributed by atoms with E-state index in [0.29, 0.717) is 6.42 Å². The molecule has 0 bridgehead atoms. The van der Waals surface area contributed by atoms with Crippen LogP contribution >= 0.6 is 0 Å². The predicted molar refractivity (Wildman–Crippen MR) is 67.1 cm³/mol. The van der Waals surface area contributed by atoms with Crippen LogP contribution in [0.5, 0.6) is 0 Å². The topological polar surface area (TPSA) is 92.3 Å². The molecular weight excluding hydrogens is 232 g/mol. The Morgan fingerprint density at radius 1 is 0.944 bits per heavy atom. The lowest BCUT2D eigenvalue weighted by atomic mass is 9.93. The lowest BCUT2D eigenvalue weighted by molar-refractivity contribution is -0.0194. The first-order valence-electron chi connectivity index (χ1n) is 5.96. The Morgan fingerprint density at radius 2 is 1.50 bits per heavy atom. The molecule has 0 amide bonds. The Kier molecular flexibility index (Phi) is 4.19. The third kappa shape index (κ3) is 2.81. The summed E-state index contributed by atoms with van der Waals surface area (Å²) in [5.74, 6) is -0.0637. The summed E-state index contributed by atoms with van der Waals surface area (Å²) in [6, 6.07) is 7.65.